The van der Waals surface area contributed by atoms with Crippen molar-refractivity contribution in [3.63, 3.8) is 0 Å². The van der Waals surface area contributed by atoms with Crippen LogP contribution in [0.3, 0.4) is 0 Å². The van der Waals surface area contributed by atoms with Crippen molar-refractivity contribution in [3.8, 4) is 17.3 Å². The number of fused-ring (bicyclic) bond motifs is 1. The zero-order valence-corrected chi connectivity index (χ0v) is 24.6. The number of nitrogens with two attached hydrogens (primary N) is 1. The third kappa shape index (κ3) is 4.82. The van der Waals surface area contributed by atoms with E-state index in [4.69, 9.17) is 20.2 Å². The second-order valence-electron chi connectivity index (χ2n) is 10.8. The van der Waals surface area contributed by atoms with E-state index < -0.39 is 10.2 Å². The summed E-state index contributed by atoms with van der Waals surface area (Å²) >= 11 is 1.26. The number of rotatable bonds is 6. The number of benzene rings is 1. The average Bonchev–Trinajstić information content (AvgIpc) is 3.53. The Morgan fingerprint density at radius 2 is 1.88 bits per heavy atom. The molecule has 0 amide bonds. The summed E-state index contributed by atoms with van der Waals surface area (Å²) in [6.07, 6.45) is 2.39. The second-order valence-corrected chi connectivity index (χ2v) is 13.3. The van der Waals surface area contributed by atoms with Gasteiger partial charge in [-0.25, -0.2) is 19.5 Å². The highest BCUT2D eigenvalue weighted by molar-refractivity contribution is 7.86. The Bertz CT molecular complexity index is 1780. The molecule has 1 spiro atoms. The Kier molecular flexibility index (Phi) is 6.73. The lowest BCUT2D eigenvalue weighted by atomic mass is 9.73. The molecule has 0 aliphatic carbocycles. The fraction of sp³-hybridized carbons (Fsp3) is 0.407. The third-order valence-corrected chi connectivity index (χ3v) is 10.1. The van der Waals surface area contributed by atoms with Crippen LogP contribution in [-0.4, -0.2) is 65.5 Å². The van der Waals surface area contributed by atoms with Crippen molar-refractivity contribution >= 4 is 44.0 Å². The monoisotopic (exact) mass is 595 g/mol. The number of imidazole rings is 1. The van der Waals surface area contributed by atoms with Crippen LogP contribution in [0.5, 0.6) is 0 Å². The standard InChI is InChI=1S/C27H30FN9O2S2/c1-4-20-25(34(3)26-32-23(21(14-29)40-26)18-5-7-19(28)8-6-18)37-24(31-20)17(2)13-22(33-37)35-11-9-27(10-12-35)15-36(16-27)41(30,38)39/h5-8,13H,4,9-12,15-16H2,1-3H3,(H2,30,38,39). The molecule has 5 heterocycles. The number of piperidine rings is 1. The number of anilines is 3. The summed E-state index contributed by atoms with van der Waals surface area (Å²) in [5, 5.41) is 20.7. The van der Waals surface area contributed by atoms with Gasteiger partial charge >= 0.3 is 0 Å². The van der Waals surface area contributed by atoms with Crippen LogP contribution in [0.15, 0.2) is 30.3 Å². The fourth-order valence-corrected chi connectivity index (χ4v) is 7.50. The maximum absolute atomic E-state index is 13.5. The van der Waals surface area contributed by atoms with E-state index in [1.807, 2.05) is 36.4 Å². The number of hydrogen-bond acceptors (Lipinski definition) is 9. The first-order valence-electron chi connectivity index (χ1n) is 13.3. The number of aromatic nitrogens is 4. The van der Waals surface area contributed by atoms with Gasteiger partial charge in [-0.2, -0.15) is 22.5 Å². The zero-order chi connectivity index (χ0) is 29.1. The topological polar surface area (TPSA) is 137 Å². The summed E-state index contributed by atoms with van der Waals surface area (Å²) in [6, 6.07) is 10.2. The normalized spacial score (nSPS) is 17.1. The molecule has 11 nitrogen and oxygen atoms in total. The van der Waals surface area contributed by atoms with E-state index in [1.165, 1.54) is 27.8 Å². The minimum Gasteiger partial charge on any atom is -0.355 e. The second kappa shape index (κ2) is 10.0. The molecule has 3 aromatic heterocycles. The van der Waals surface area contributed by atoms with Crippen LogP contribution < -0.4 is 14.9 Å². The maximum Gasteiger partial charge on any atom is 0.276 e. The molecule has 0 unspecified atom stereocenters. The molecule has 2 aliphatic rings. The van der Waals surface area contributed by atoms with E-state index in [0.717, 1.165) is 54.5 Å². The molecule has 0 bridgehead atoms. The van der Waals surface area contributed by atoms with Crippen LogP contribution in [0.1, 0.15) is 35.9 Å². The Balaban J connectivity index is 1.32. The Hall–Kier alpha value is -3.64. The Morgan fingerprint density at radius 3 is 2.49 bits per heavy atom. The number of nitrogens with zero attached hydrogens (tertiary/aromatic N) is 8. The summed E-state index contributed by atoms with van der Waals surface area (Å²) in [7, 11) is -1.75. The number of thiazole rings is 1. The van der Waals surface area contributed by atoms with Gasteiger partial charge in [0.2, 0.25) is 0 Å². The van der Waals surface area contributed by atoms with Crippen LogP contribution >= 0.6 is 11.3 Å². The van der Waals surface area contributed by atoms with Crippen molar-refractivity contribution in [3.05, 3.63) is 52.3 Å². The zero-order valence-electron chi connectivity index (χ0n) is 23.0. The lowest BCUT2D eigenvalue weighted by Crippen LogP contribution is -2.63. The van der Waals surface area contributed by atoms with Gasteiger partial charge in [-0.1, -0.05) is 18.3 Å². The van der Waals surface area contributed by atoms with Crippen LogP contribution in [0.2, 0.25) is 0 Å². The molecule has 0 saturated carbocycles. The predicted molar refractivity (Wildman–Crippen MR) is 156 cm³/mol. The third-order valence-electron chi connectivity index (χ3n) is 8.11. The van der Waals surface area contributed by atoms with E-state index in [0.29, 0.717) is 40.8 Å². The number of nitriles is 1. The number of halogens is 1. The van der Waals surface area contributed by atoms with Crippen molar-refractivity contribution < 1.29 is 12.8 Å². The van der Waals surface area contributed by atoms with Crippen molar-refractivity contribution in [2.75, 3.05) is 43.0 Å². The van der Waals surface area contributed by atoms with Gasteiger partial charge in [0.15, 0.2) is 16.6 Å². The molecule has 2 saturated heterocycles. The minimum atomic E-state index is -3.64. The first-order chi connectivity index (χ1) is 19.5. The van der Waals surface area contributed by atoms with E-state index in [1.54, 1.807) is 12.1 Å². The molecule has 1 aromatic carbocycles. The van der Waals surface area contributed by atoms with Crippen LogP contribution in [0.4, 0.5) is 21.2 Å². The molecule has 214 valence electrons. The highest BCUT2D eigenvalue weighted by Gasteiger charge is 2.48. The van der Waals surface area contributed by atoms with Gasteiger partial charge < -0.3 is 9.80 Å². The first-order valence-corrected chi connectivity index (χ1v) is 15.7. The van der Waals surface area contributed by atoms with Gasteiger partial charge in [-0.15, -0.1) is 5.10 Å². The minimum absolute atomic E-state index is 0.0244. The fourth-order valence-electron chi connectivity index (χ4n) is 5.74. The quantitative estimate of drug-likeness (QED) is 0.357. The predicted octanol–water partition coefficient (Wildman–Crippen LogP) is 3.61. The average molecular weight is 596 g/mol. The molecule has 2 fully saturated rings. The number of hydrogen-bond donors (Lipinski definition) is 1. The van der Waals surface area contributed by atoms with Crippen molar-refractivity contribution in [1.29, 1.82) is 5.26 Å². The number of aryl methyl sites for hydroxylation is 2. The van der Waals surface area contributed by atoms with Crippen LogP contribution in [0, 0.1) is 29.5 Å². The van der Waals surface area contributed by atoms with Gasteiger partial charge in [0.05, 0.1) is 5.69 Å². The first kappa shape index (κ1) is 27.5. The molecule has 4 aromatic rings. The van der Waals surface area contributed by atoms with Gasteiger partial charge in [0.25, 0.3) is 10.2 Å². The van der Waals surface area contributed by atoms with Crippen molar-refractivity contribution in [2.24, 2.45) is 10.6 Å². The van der Waals surface area contributed by atoms with Gasteiger partial charge in [0.1, 0.15) is 28.3 Å². The summed E-state index contributed by atoms with van der Waals surface area (Å²) in [4.78, 5) is 14.3. The Labute approximate surface area is 241 Å². The lowest BCUT2D eigenvalue weighted by Gasteiger charge is -2.52. The SMILES string of the molecule is CCc1nc2c(C)cc(N3CCC4(CC3)CN(S(N)(=O)=O)C4)nn2c1N(C)c1nc(-c2ccc(F)cc2)c(C#N)s1. The largest absolute Gasteiger partial charge is 0.355 e. The molecule has 2 N–H and O–H groups in total. The summed E-state index contributed by atoms with van der Waals surface area (Å²) < 4.78 is 40.0. The van der Waals surface area contributed by atoms with Gasteiger partial charge in [-0.3, -0.25) is 0 Å². The Morgan fingerprint density at radius 1 is 1.20 bits per heavy atom. The van der Waals surface area contributed by atoms with Crippen molar-refractivity contribution in [2.45, 2.75) is 33.1 Å². The lowest BCUT2D eigenvalue weighted by molar-refractivity contribution is 0.0435. The van der Waals surface area contributed by atoms with Gasteiger partial charge in [0, 0.05) is 44.2 Å². The van der Waals surface area contributed by atoms with E-state index in [-0.39, 0.29) is 11.2 Å². The maximum atomic E-state index is 13.5. The van der Waals surface area contributed by atoms with Crippen LogP contribution in [-0.2, 0) is 16.6 Å². The molecule has 0 radical (unpaired) electrons. The highest BCUT2D eigenvalue weighted by atomic mass is 32.2. The molecule has 2 aliphatic heterocycles. The molecular weight excluding hydrogens is 565 g/mol. The van der Waals surface area contributed by atoms with E-state index in [2.05, 4.69) is 11.0 Å². The molecule has 14 heteroatoms. The summed E-state index contributed by atoms with van der Waals surface area (Å²) in [5.74, 6) is 1.25. The molecule has 41 heavy (non-hydrogen) atoms. The molecule has 0 atom stereocenters. The van der Waals surface area contributed by atoms with Crippen LogP contribution in [0.25, 0.3) is 16.9 Å². The summed E-state index contributed by atoms with van der Waals surface area (Å²) in [6.45, 7) is 6.52. The van der Waals surface area contributed by atoms with E-state index in [9.17, 15) is 18.1 Å². The molecular formula is C27H30FN9O2S2. The molecule has 6 rings (SSSR count). The summed E-state index contributed by atoms with van der Waals surface area (Å²) in [5.41, 5.74) is 3.74. The van der Waals surface area contributed by atoms with Crippen molar-refractivity contribution in [1.82, 2.24) is 23.9 Å². The smallest absolute Gasteiger partial charge is 0.276 e. The van der Waals surface area contributed by atoms with Gasteiger partial charge in [-0.05, 0) is 62.1 Å². The highest BCUT2D eigenvalue weighted by Crippen LogP contribution is 2.42. The van der Waals surface area contributed by atoms with E-state index >= 15 is 0 Å².